The molecule has 0 radical (unpaired) electrons. The molecule has 1 saturated heterocycles. The maximum atomic E-state index is 12.3. The van der Waals surface area contributed by atoms with Gasteiger partial charge in [0.15, 0.2) is 5.13 Å². The summed E-state index contributed by atoms with van der Waals surface area (Å²) in [7, 11) is 1.66. The van der Waals surface area contributed by atoms with Crippen LogP contribution in [0.3, 0.4) is 0 Å². The van der Waals surface area contributed by atoms with Crippen molar-refractivity contribution in [1.29, 1.82) is 0 Å². The summed E-state index contributed by atoms with van der Waals surface area (Å²) in [5, 5.41) is 5.73. The zero-order chi connectivity index (χ0) is 16.4. The number of hydrogen-bond donors (Lipinski definition) is 1. The maximum absolute atomic E-state index is 12.3. The summed E-state index contributed by atoms with van der Waals surface area (Å²) in [6.45, 7) is 4.68. The van der Waals surface area contributed by atoms with Gasteiger partial charge in [0.25, 0.3) is 5.56 Å². The fourth-order valence-corrected chi connectivity index (χ4v) is 3.33. The van der Waals surface area contributed by atoms with E-state index >= 15 is 0 Å². The van der Waals surface area contributed by atoms with Crippen molar-refractivity contribution in [2.45, 2.75) is 6.92 Å². The van der Waals surface area contributed by atoms with Crippen LogP contribution in [0.4, 0.5) is 15.6 Å². The van der Waals surface area contributed by atoms with Crippen LogP contribution in [-0.2, 0) is 7.05 Å². The molecule has 23 heavy (non-hydrogen) atoms. The van der Waals surface area contributed by atoms with Gasteiger partial charge in [-0.3, -0.25) is 4.79 Å². The molecule has 1 fully saturated rings. The lowest BCUT2D eigenvalue weighted by molar-refractivity contribution is 0.208. The number of thiazole rings is 1. The lowest BCUT2D eigenvalue weighted by Crippen LogP contribution is -2.50. The van der Waals surface area contributed by atoms with Crippen LogP contribution in [0.15, 0.2) is 28.5 Å². The molecule has 0 saturated carbocycles. The second kappa shape index (κ2) is 6.41. The Hall–Kier alpha value is -2.35. The highest BCUT2D eigenvalue weighted by molar-refractivity contribution is 7.13. The van der Waals surface area contributed by atoms with Gasteiger partial charge >= 0.3 is 6.03 Å². The van der Waals surface area contributed by atoms with Crippen LogP contribution < -0.4 is 15.8 Å². The standard InChI is InChI=1S/C15H19N5O2S/c1-11-10-23-15(16-11)20-8-6-19(7-9-20)14(22)17-12-4-3-5-18(2)13(12)21/h3-5,10H,6-9H2,1-2H3,(H,17,22). The highest BCUT2D eigenvalue weighted by atomic mass is 32.1. The van der Waals surface area contributed by atoms with Gasteiger partial charge < -0.3 is 19.7 Å². The van der Waals surface area contributed by atoms with Crippen LogP contribution in [-0.4, -0.2) is 46.7 Å². The number of piperazine rings is 1. The maximum Gasteiger partial charge on any atom is 0.322 e. The summed E-state index contributed by atoms with van der Waals surface area (Å²) in [4.78, 5) is 32.6. The molecule has 1 aliphatic heterocycles. The highest BCUT2D eigenvalue weighted by Gasteiger charge is 2.23. The third-order valence-electron chi connectivity index (χ3n) is 3.81. The molecule has 0 atom stereocenters. The van der Waals surface area contributed by atoms with Gasteiger partial charge in [0.2, 0.25) is 0 Å². The van der Waals surface area contributed by atoms with E-state index < -0.39 is 0 Å². The minimum absolute atomic E-state index is 0.210. The molecule has 0 unspecified atom stereocenters. The van der Waals surface area contributed by atoms with Crippen molar-refractivity contribution in [2.24, 2.45) is 7.05 Å². The minimum Gasteiger partial charge on any atom is -0.345 e. The van der Waals surface area contributed by atoms with E-state index in [-0.39, 0.29) is 11.6 Å². The first-order valence-electron chi connectivity index (χ1n) is 7.43. The van der Waals surface area contributed by atoms with Crippen LogP contribution in [0.25, 0.3) is 0 Å². The van der Waals surface area contributed by atoms with Gasteiger partial charge in [0.05, 0.1) is 5.69 Å². The van der Waals surface area contributed by atoms with Crippen molar-refractivity contribution in [3.63, 3.8) is 0 Å². The second-order valence-electron chi connectivity index (χ2n) is 5.51. The van der Waals surface area contributed by atoms with Crippen molar-refractivity contribution in [2.75, 3.05) is 36.4 Å². The number of rotatable bonds is 2. The molecule has 0 spiro atoms. The number of urea groups is 1. The molecule has 2 aromatic heterocycles. The van der Waals surface area contributed by atoms with Crippen LogP contribution >= 0.6 is 11.3 Å². The van der Waals surface area contributed by atoms with Gasteiger partial charge in [-0.1, -0.05) is 0 Å². The summed E-state index contributed by atoms with van der Waals surface area (Å²) in [5.74, 6) is 0. The fourth-order valence-electron chi connectivity index (χ4n) is 2.47. The van der Waals surface area contributed by atoms with Gasteiger partial charge in [-0.15, -0.1) is 11.3 Å². The number of amides is 2. The molecule has 0 bridgehead atoms. The molecule has 1 N–H and O–H groups in total. The van der Waals surface area contributed by atoms with Crippen molar-refractivity contribution >= 4 is 28.2 Å². The largest absolute Gasteiger partial charge is 0.345 e. The average Bonchev–Trinajstić information content (AvgIpc) is 2.98. The van der Waals surface area contributed by atoms with E-state index in [1.54, 1.807) is 41.6 Å². The molecule has 3 rings (SSSR count). The zero-order valence-corrected chi connectivity index (χ0v) is 14.0. The summed E-state index contributed by atoms with van der Waals surface area (Å²) in [5.41, 5.74) is 1.11. The molecule has 2 amide bonds. The first kappa shape index (κ1) is 15.5. The van der Waals surface area contributed by atoms with E-state index in [2.05, 4.69) is 15.2 Å². The molecule has 0 aliphatic carbocycles. The smallest absolute Gasteiger partial charge is 0.322 e. The molecule has 3 heterocycles. The summed E-state index contributed by atoms with van der Waals surface area (Å²) in [6, 6.07) is 3.12. The number of pyridine rings is 1. The number of carbonyl (C=O) groups is 1. The Morgan fingerprint density at radius 3 is 2.70 bits per heavy atom. The lowest BCUT2D eigenvalue weighted by atomic mass is 10.3. The molecule has 2 aromatic rings. The monoisotopic (exact) mass is 333 g/mol. The van der Waals surface area contributed by atoms with Crippen LogP contribution in [0.1, 0.15) is 5.69 Å². The third-order valence-corrected chi connectivity index (χ3v) is 4.83. The van der Waals surface area contributed by atoms with E-state index in [0.29, 0.717) is 18.8 Å². The predicted octanol–water partition coefficient (Wildman–Crippen LogP) is 1.50. The van der Waals surface area contributed by atoms with Gasteiger partial charge in [-0.25, -0.2) is 9.78 Å². The second-order valence-corrected chi connectivity index (χ2v) is 6.35. The van der Waals surface area contributed by atoms with E-state index in [1.165, 1.54) is 4.57 Å². The van der Waals surface area contributed by atoms with Gasteiger partial charge in [-0.05, 0) is 19.1 Å². The van der Waals surface area contributed by atoms with Gasteiger partial charge in [0, 0.05) is 44.8 Å². The first-order chi connectivity index (χ1) is 11.0. The Morgan fingerprint density at radius 2 is 2.04 bits per heavy atom. The number of aromatic nitrogens is 2. The van der Waals surface area contributed by atoms with Gasteiger partial charge in [0.1, 0.15) is 5.69 Å². The Balaban J connectivity index is 1.60. The minimum atomic E-state index is -0.233. The Kier molecular flexibility index (Phi) is 4.33. The van der Waals surface area contributed by atoms with Crippen molar-refractivity contribution in [3.8, 4) is 0 Å². The molecule has 0 aromatic carbocycles. The quantitative estimate of drug-likeness (QED) is 0.904. The molecule has 122 valence electrons. The van der Waals surface area contributed by atoms with Crippen molar-refractivity contribution in [3.05, 3.63) is 39.8 Å². The summed E-state index contributed by atoms with van der Waals surface area (Å²) >= 11 is 1.62. The average molecular weight is 333 g/mol. The third kappa shape index (κ3) is 3.37. The number of aryl methyl sites for hydroxylation is 2. The van der Waals surface area contributed by atoms with Crippen molar-refractivity contribution < 1.29 is 4.79 Å². The van der Waals surface area contributed by atoms with E-state index in [9.17, 15) is 9.59 Å². The lowest BCUT2D eigenvalue weighted by Gasteiger charge is -2.34. The van der Waals surface area contributed by atoms with E-state index in [4.69, 9.17) is 0 Å². The Labute approximate surface area is 138 Å². The number of anilines is 2. The van der Waals surface area contributed by atoms with Crippen molar-refractivity contribution in [1.82, 2.24) is 14.5 Å². The van der Waals surface area contributed by atoms with E-state index in [1.807, 2.05) is 12.3 Å². The van der Waals surface area contributed by atoms with Crippen LogP contribution in [0, 0.1) is 6.92 Å². The van der Waals surface area contributed by atoms with E-state index in [0.717, 1.165) is 23.9 Å². The van der Waals surface area contributed by atoms with Crippen LogP contribution in [0.5, 0.6) is 0 Å². The number of carbonyl (C=O) groups excluding carboxylic acids is 1. The zero-order valence-electron chi connectivity index (χ0n) is 13.2. The fraction of sp³-hybridized carbons (Fsp3) is 0.400. The number of nitrogens with one attached hydrogen (secondary N) is 1. The topological polar surface area (TPSA) is 70.5 Å². The highest BCUT2D eigenvalue weighted by Crippen LogP contribution is 2.21. The first-order valence-corrected chi connectivity index (χ1v) is 8.31. The van der Waals surface area contributed by atoms with Gasteiger partial charge in [-0.2, -0.15) is 0 Å². The summed E-state index contributed by atoms with van der Waals surface area (Å²) in [6.07, 6.45) is 1.66. The SMILES string of the molecule is Cc1csc(N2CCN(C(=O)Nc3cccn(C)c3=O)CC2)n1. The van der Waals surface area contributed by atoms with Crippen LogP contribution in [0.2, 0.25) is 0 Å². The summed E-state index contributed by atoms with van der Waals surface area (Å²) < 4.78 is 1.44. The molecule has 1 aliphatic rings. The molecule has 8 heteroatoms. The number of nitrogens with zero attached hydrogens (tertiary/aromatic N) is 4. The number of hydrogen-bond acceptors (Lipinski definition) is 5. The Bertz CT molecular complexity index is 761. The molecular weight excluding hydrogens is 314 g/mol. The Morgan fingerprint density at radius 1 is 1.30 bits per heavy atom. The molecule has 7 nitrogen and oxygen atoms in total. The molecular formula is C15H19N5O2S. The normalized spacial score (nSPS) is 14.9. The predicted molar refractivity (Wildman–Crippen MR) is 91.3 cm³/mol.